The molecule has 1 fully saturated rings. The molecule has 0 spiro atoms. The van der Waals surface area contributed by atoms with E-state index < -0.39 is 25.9 Å². The molecule has 0 saturated carbocycles. The molecule has 0 aromatic carbocycles. The van der Waals surface area contributed by atoms with Crippen LogP contribution in [0, 0.1) is 0 Å². The summed E-state index contributed by atoms with van der Waals surface area (Å²) in [7, 11) is -6.43. The molecule has 0 aromatic rings. The summed E-state index contributed by atoms with van der Waals surface area (Å²) in [4.78, 5) is 11.6. The van der Waals surface area contributed by atoms with Gasteiger partial charge in [0.05, 0.1) is 17.3 Å². The van der Waals surface area contributed by atoms with E-state index in [1.807, 2.05) is 0 Å². The zero-order chi connectivity index (χ0) is 15.2. The minimum Gasteiger partial charge on any atom is -0.355 e. The van der Waals surface area contributed by atoms with E-state index in [1.165, 1.54) is 0 Å². The van der Waals surface area contributed by atoms with Crippen LogP contribution in [0.3, 0.4) is 0 Å². The van der Waals surface area contributed by atoms with Crippen molar-refractivity contribution in [2.75, 3.05) is 36.9 Å². The van der Waals surface area contributed by atoms with Gasteiger partial charge in [-0.05, 0) is 0 Å². The lowest BCUT2D eigenvalue weighted by molar-refractivity contribution is -0.121. The van der Waals surface area contributed by atoms with Crippen LogP contribution in [0.2, 0.25) is 0 Å². The Morgan fingerprint density at radius 3 is 2.70 bits per heavy atom. The van der Waals surface area contributed by atoms with E-state index in [0.717, 1.165) is 0 Å². The van der Waals surface area contributed by atoms with Gasteiger partial charge in [0, 0.05) is 32.1 Å². The van der Waals surface area contributed by atoms with Gasteiger partial charge in [-0.15, -0.1) is 0 Å². The van der Waals surface area contributed by atoms with Crippen LogP contribution in [-0.2, 0) is 24.7 Å². The van der Waals surface area contributed by atoms with Gasteiger partial charge in [0.2, 0.25) is 15.9 Å². The third-order valence-corrected chi connectivity index (χ3v) is 6.00. The third-order valence-electron chi connectivity index (χ3n) is 2.79. The van der Waals surface area contributed by atoms with E-state index >= 15 is 0 Å². The van der Waals surface area contributed by atoms with Crippen molar-refractivity contribution in [3.05, 3.63) is 0 Å². The molecule has 1 rings (SSSR count). The van der Waals surface area contributed by atoms with Gasteiger partial charge in [0.15, 0.2) is 9.84 Å². The van der Waals surface area contributed by atoms with Crippen LogP contribution in [0.4, 0.5) is 0 Å². The normalized spacial score (nSPS) is 22.4. The van der Waals surface area contributed by atoms with E-state index in [2.05, 4.69) is 15.4 Å². The van der Waals surface area contributed by atoms with Gasteiger partial charge in [-0.25, -0.2) is 21.6 Å². The molecule has 1 unspecified atom stereocenters. The molecule has 0 radical (unpaired) electrons. The minimum atomic E-state index is -3.36. The van der Waals surface area contributed by atoms with Gasteiger partial charge in [-0.2, -0.15) is 0 Å². The number of sulfone groups is 1. The first-order valence-electron chi connectivity index (χ1n) is 6.42. The standard InChI is InChI=1S/C10H21N3O5S2/c1-2-13-20(17,18)6-4-12-10(14)7-9-8-19(15,16)5-3-11-9/h9,11,13H,2-8H2,1H3,(H,12,14). The summed E-state index contributed by atoms with van der Waals surface area (Å²) >= 11 is 0. The van der Waals surface area contributed by atoms with Gasteiger partial charge < -0.3 is 10.6 Å². The smallest absolute Gasteiger partial charge is 0.221 e. The first kappa shape index (κ1) is 17.3. The molecule has 0 aliphatic carbocycles. The van der Waals surface area contributed by atoms with E-state index in [-0.39, 0.29) is 36.1 Å². The monoisotopic (exact) mass is 327 g/mol. The van der Waals surface area contributed by atoms with Crippen molar-refractivity contribution in [2.45, 2.75) is 19.4 Å². The summed E-state index contributed by atoms with van der Waals surface area (Å²) in [6, 6.07) is -0.404. The van der Waals surface area contributed by atoms with Crippen LogP contribution in [0.25, 0.3) is 0 Å². The second-order valence-electron chi connectivity index (χ2n) is 4.64. The van der Waals surface area contributed by atoms with Crippen LogP contribution >= 0.6 is 0 Å². The van der Waals surface area contributed by atoms with Crippen molar-refractivity contribution >= 4 is 25.8 Å². The number of amides is 1. The maximum absolute atomic E-state index is 11.6. The Bertz CT molecular complexity index is 529. The first-order valence-corrected chi connectivity index (χ1v) is 9.89. The molecular weight excluding hydrogens is 306 g/mol. The summed E-state index contributed by atoms with van der Waals surface area (Å²) < 4.78 is 47.8. The Labute approximate surface area is 119 Å². The summed E-state index contributed by atoms with van der Waals surface area (Å²) in [5, 5.41) is 5.44. The third kappa shape index (κ3) is 6.64. The second kappa shape index (κ2) is 7.34. The van der Waals surface area contributed by atoms with Gasteiger partial charge in [-0.3, -0.25) is 4.79 Å². The lowest BCUT2D eigenvalue weighted by atomic mass is 10.2. The van der Waals surface area contributed by atoms with Gasteiger partial charge in [0.1, 0.15) is 0 Å². The molecule has 0 bridgehead atoms. The summed E-state index contributed by atoms with van der Waals surface area (Å²) in [5.41, 5.74) is 0. The second-order valence-corrected chi connectivity index (χ2v) is 8.79. The number of hydrogen-bond acceptors (Lipinski definition) is 6. The van der Waals surface area contributed by atoms with Crippen LogP contribution in [0.5, 0.6) is 0 Å². The van der Waals surface area contributed by atoms with Crippen molar-refractivity contribution in [1.29, 1.82) is 0 Å². The highest BCUT2D eigenvalue weighted by Gasteiger charge is 2.25. The summed E-state index contributed by atoms with van der Waals surface area (Å²) in [5.74, 6) is -0.517. The zero-order valence-corrected chi connectivity index (χ0v) is 13.0. The molecule has 118 valence electrons. The fraction of sp³-hybridized carbons (Fsp3) is 0.900. The van der Waals surface area contributed by atoms with Crippen molar-refractivity contribution in [1.82, 2.24) is 15.4 Å². The Morgan fingerprint density at radius 1 is 1.40 bits per heavy atom. The number of rotatable bonds is 7. The molecule has 1 heterocycles. The quantitative estimate of drug-likeness (QED) is 0.489. The average Bonchev–Trinajstić information content (AvgIpc) is 2.26. The van der Waals surface area contributed by atoms with Gasteiger partial charge in [-0.1, -0.05) is 6.92 Å². The Balaban J connectivity index is 2.30. The number of sulfonamides is 1. The van der Waals surface area contributed by atoms with Crippen molar-refractivity contribution < 1.29 is 21.6 Å². The highest BCUT2D eigenvalue weighted by Crippen LogP contribution is 2.04. The number of nitrogens with one attached hydrogen (secondary N) is 3. The number of hydrogen-bond donors (Lipinski definition) is 3. The van der Waals surface area contributed by atoms with E-state index in [9.17, 15) is 21.6 Å². The molecule has 20 heavy (non-hydrogen) atoms. The Kier molecular flexibility index (Phi) is 6.37. The molecule has 3 N–H and O–H groups in total. The molecule has 1 saturated heterocycles. The van der Waals surface area contributed by atoms with E-state index in [4.69, 9.17) is 0 Å². The molecule has 0 aromatic heterocycles. The van der Waals surface area contributed by atoms with Crippen LogP contribution in [0.1, 0.15) is 13.3 Å². The molecular formula is C10H21N3O5S2. The van der Waals surface area contributed by atoms with E-state index in [1.54, 1.807) is 6.92 Å². The average molecular weight is 327 g/mol. The topological polar surface area (TPSA) is 121 Å². The molecule has 8 nitrogen and oxygen atoms in total. The van der Waals surface area contributed by atoms with Crippen molar-refractivity contribution in [3.63, 3.8) is 0 Å². The lowest BCUT2D eigenvalue weighted by Crippen LogP contribution is -2.47. The lowest BCUT2D eigenvalue weighted by Gasteiger charge is -2.23. The molecule has 1 amide bonds. The van der Waals surface area contributed by atoms with Crippen LogP contribution < -0.4 is 15.4 Å². The summed E-state index contributed by atoms with van der Waals surface area (Å²) in [6.07, 6.45) is 0.0283. The highest BCUT2D eigenvalue weighted by molar-refractivity contribution is 7.91. The predicted molar refractivity (Wildman–Crippen MR) is 75.5 cm³/mol. The maximum atomic E-state index is 11.6. The fourth-order valence-electron chi connectivity index (χ4n) is 1.91. The maximum Gasteiger partial charge on any atom is 0.221 e. The SMILES string of the molecule is CCNS(=O)(=O)CCNC(=O)CC1CS(=O)(=O)CCN1. The van der Waals surface area contributed by atoms with Crippen LogP contribution in [-0.4, -0.2) is 65.7 Å². The Hall–Kier alpha value is -0.710. The van der Waals surface area contributed by atoms with Gasteiger partial charge >= 0.3 is 0 Å². The Morgan fingerprint density at radius 2 is 2.10 bits per heavy atom. The molecule has 1 aliphatic heterocycles. The van der Waals surface area contributed by atoms with E-state index in [0.29, 0.717) is 13.1 Å². The molecule has 10 heteroatoms. The van der Waals surface area contributed by atoms with Gasteiger partial charge in [0.25, 0.3) is 0 Å². The predicted octanol–water partition coefficient (Wildman–Crippen LogP) is -2.18. The molecule has 1 aliphatic rings. The number of carbonyl (C=O) groups is 1. The number of carbonyl (C=O) groups excluding carboxylic acids is 1. The highest BCUT2D eigenvalue weighted by atomic mass is 32.2. The summed E-state index contributed by atoms with van der Waals surface area (Å²) in [6.45, 7) is 2.33. The van der Waals surface area contributed by atoms with Crippen molar-refractivity contribution in [2.24, 2.45) is 0 Å². The zero-order valence-electron chi connectivity index (χ0n) is 11.4. The minimum absolute atomic E-state index is 0.00758. The fourth-order valence-corrected chi connectivity index (χ4v) is 4.31. The van der Waals surface area contributed by atoms with Crippen molar-refractivity contribution in [3.8, 4) is 0 Å². The molecule has 1 atom stereocenters. The first-order chi connectivity index (χ1) is 9.24. The largest absolute Gasteiger partial charge is 0.355 e. The van der Waals surface area contributed by atoms with Crippen LogP contribution in [0.15, 0.2) is 0 Å².